The minimum Gasteiger partial charge on any atom is -0.497 e. The fourth-order valence-electron chi connectivity index (χ4n) is 3.87. The first-order valence-electron chi connectivity index (χ1n) is 10.6. The minimum atomic E-state index is 0.528. The lowest BCUT2D eigenvalue weighted by molar-refractivity contribution is 0.304. The van der Waals surface area contributed by atoms with Gasteiger partial charge in [0.05, 0.1) is 12.2 Å². The lowest BCUT2D eigenvalue weighted by atomic mass is 9.98. The summed E-state index contributed by atoms with van der Waals surface area (Å²) in [7, 11) is 1.74. The smallest absolute Gasteiger partial charge is 0.115 e. The van der Waals surface area contributed by atoms with Crippen molar-refractivity contribution in [2.45, 2.75) is 39.0 Å². The molecule has 0 aromatic carbocycles. The van der Waals surface area contributed by atoms with Crippen molar-refractivity contribution < 1.29 is 4.74 Å². The van der Waals surface area contributed by atoms with Gasteiger partial charge in [-0.3, -0.25) is 9.98 Å². The summed E-state index contributed by atoms with van der Waals surface area (Å²) in [5, 5.41) is 1.21. The number of fused-ring (bicyclic) bond motifs is 1. The van der Waals surface area contributed by atoms with Crippen molar-refractivity contribution in [1.29, 1.82) is 0 Å². The molecule has 4 heteroatoms. The quantitative estimate of drug-likeness (QED) is 0.517. The van der Waals surface area contributed by atoms with E-state index in [4.69, 9.17) is 9.73 Å². The number of aliphatic imine (C=N–C) groups is 1. The van der Waals surface area contributed by atoms with Gasteiger partial charge in [0.25, 0.3) is 0 Å². The predicted octanol–water partition coefficient (Wildman–Crippen LogP) is 6.70. The summed E-state index contributed by atoms with van der Waals surface area (Å²) < 4.78 is 5.53. The van der Waals surface area contributed by atoms with Crippen LogP contribution in [0.15, 0.2) is 99.6 Å². The van der Waals surface area contributed by atoms with Crippen LogP contribution in [0, 0.1) is 5.92 Å². The molecule has 4 rings (SSSR count). The van der Waals surface area contributed by atoms with Crippen molar-refractivity contribution in [2.24, 2.45) is 10.9 Å². The van der Waals surface area contributed by atoms with E-state index in [1.165, 1.54) is 26.7 Å². The molecular formula is C26H28N2OS. The highest BCUT2D eigenvalue weighted by molar-refractivity contribution is 8.17. The molecule has 1 aliphatic heterocycles. The molecule has 30 heavy (non-hydrogen) atoms. The second kappa shape index (κ2) is 9.94. The number of hydrogen-bond acceptors (Lipinski definition) is 4. The molecule has 0 amide bonds. The fraction of sp³-hybridized carbons (Fsp3) is 0.308. The van der Waals surface area contributed by atoms with Gasteiger partial charge in [-0.2, -0.15) is 0 Å². The first-order chi connectivity index (χ1) is 14.7. The van der Waals surface area contributed by atoms with Crippen molar-refractivity contribution in [3.63, 3.8) is 0 Å². The SMILES string of the molecule is COC1=CCCC=CC(C2=CC=C3C=C(C2)N=C(CC(C)Cc2cccnc2)S3)=C1. The molecule has 0 radical (unpaired) electrons. The van der Waals surface area contributed by atoms with Gasteiger partial charge in [-0.05, 0) is 78.7 Å². The topological polar surface area (TPSA) is 34.5 Å². The summed E-state index contributed by atoms with van der Waals surface area (Å²) in [6, 6.07) is 4.16. The van der Waals surface area contributed by atoms with E-state index in [1.807, 2.05) is 18.5 Å². The molecule has 1 aromatic rings. The lowest BCUT2D eigenvalue weighted by Gasteiger charge is -2.17. The standard InChI is InChI=1S/C26H28N2OS/c1-19(13-20-7-6-12-27-18-20)14-26-28-23-15-22(10-11-25(17-23)30-26)21-8-4-3-5-9-24(16-21)29-2/h4,6-12,16-19H,3,5,13-15H2,1-2H3. The number of hydrogen-bond donors (Lipinski definition) is 0. The van der Waals surface area contributed by atoms with Crippen LogP contribution in [0.5, 0.6) is 0 Å². The average molecular weight is 417 g/mol. The first kappa shape index (κ1) is 20.7. The molecule has 0 saturated carbocycles. The molecule has 2 heterocycles. The predicted molar refractivity (Wildman–Crippen MR) is 127 cm³/mol. The molecular weight excluding hydrogens is 388 g/mol. The fourth-order valence-corrected chi connectivity index (χ4v) is 5.00. The zero-order valence-electron chi connectivity index (χ0n) is 17.7. The number of allylic oxidation sites excluding steroid dienone is 9. The van der Waals surface area contributed by atoms with Gasteiger partial charge in [0.2, 0.25) is 0 Å². The Morgan fingerprint density at radius 2 is 2.10 bits per heavy atom. The number of aromatic nitrogens is 1. The van der Waals surface area contributed by atoms with Crippen LogP contribution in [-0.2, 0) is 11.2 Å². The van der Waals surface area contributed by atoms with Crippen LogP contribution in [0.4, 0.5) is 0 Å². The van der Waals surface area contributed by atoms with Crippen LogP contribution in [0.1, 0.15) is 38.2 Å². The highest BCUT2D eigenvalue weighted by Gasteiger charge is 2.19. The van der Waals surface area contributed by atoms with Crippen LogP contribution in [0.2, 0.25) is 0 Å². The third kappa shape index (κ3) is 5.51. The molecule has 3 aliphatic rings. The largest absolute Gasteiger partial charge is 0.497 e. The van der Waals surface area contributed by atoms with E-state index in [0.29, 0.717) is 5.92 Å². The van der Waals surface area contributed by atoms with Crippen LogP contribution in [0.3, 0.4) is 0 Å². The van der Waals surface area contributed by atoms with Gasteiger partial charge in [0.15, 0.2) is 0 Å². The number of pyridine rings is 1. The summed E-state index contributed by atoms with van der Waals surface area (Å²) >= 11 is 1.80. The maximum atomic E-state index is 5.53. The number of methoxy groups -OCH3 is 1. The van der Waals surface area contributed by atoms with Gasteiger partial charge in [-0.15, -0.1) is 0 Å². The number of rotatable bonds is 6. The van der Waals surface area contributed by atoms with Crippen molar-refractivity contribution in [3.8, 4) is 0 Å². The van der Waals surface area contributed by atoms with E-state index in [1.54, 1.807) is 18.9 Å². The van der Waals surface area contributed by atoms with E-state index in [-0.39, 0.29) is 0 Å². The number of nitrogens with zero attached hydrogens (tertiary/aromatic N) is 2. The monoisotopic (exact) mass is 416 g/mol. The average Bonchev–Trinajstić information content (AvgIpc) is 2.86. The van der Waals surface area contributed by atoms with Gasteiger partial charge in [0, 0.05) is 29.4 Å². The van der Waals surface area contributed by atoms with Gasteiger partial charge < -0.3 is 4.74 Å². The maximum Gasteiger partial charge on any atom is 0.115 e. The Hall–Kier alpha value is -2.59. The molecule has 2 bridgehead atoms. The molecule has 1 aromatic heterocycles. The van der Waals surface area contributed by atoms with Gasteiger partial charge in [-0.1, -0.05) is 43.0 Å². The van der Waals surface area contributed by atoms with Crippen molar-refractivity contribution in [1.82, 2.24) is 4.98 Å². The summed E-state index contributed by atoms with van der Waals surface area (Å²) in [6.07, 6.45) is 24.2. The third-order valence-electron chi connectivity index (χ3n) is 5.34. The van der Waals surface area contributed by atoms with Gasteiger partial charge in [-0.25, -0.2) is 0 Å². The molecule has 154 valence electrons. The van der Waals surface area contributed by atoms with E-state index in [0.717, 1.165) is 43.6 Å². The van der Waals surface area contributed by atoms with Crippen LogP contribution in [-0.4, -0.2) is 17.1 Å². The van der Waals surface area contributed by atoms with Crippen molar-refractivity contribution >= 4 is 16.8 Å². The first-order valence-corrected chi connectivity index (χ1v) is 11.4. The molecule has 1 unspecified atom stereocenters. The summed E-state index contributed by atoms with van der Waals surface area (Å²) in [6.45, 7) is 2.30. The number of ether oxygens (including phenoxy) is 1. The van der Waals surface area contributed by atoms with Crippen LogP contribution < -0.4 is 0 Å². The zero-order chi connectivity index (χ0) is 20.8. The normalized spacial score (nSPS) is 19.7. The molecule has 0 spiro atoms. The Kier molecular flexibility index (Phi) is 6.85. The highest BCUT2D eigenvalue weighted by atomic mass is 32.2. The Morgan fingerprint density at radius 1 is 1.17 bits per heavy atom. The van der Waals surface area contributed by atoms with E-state index in [9.17, 15) is 0 Å². The number of thioether (sulfide) groups is 1. The highest BCUT2D eigenvalue weighted by Crippen LogP contribution is 2.36. The van der Waals surface area contributed by atoms with E-state index < -0.39 is 0 Å². The zero-order valence-corrected chi connectivity index (χ0v) is 18.5. The van der Waals surface area contributed by atoms with Gasteiger partial charge in [0.1, 0.15) is 5.76 Å². The van der Waals surface area contributed by atoms with E-state index in [2.05, 4.69) is 60.5 Å². The molecule has 2 aliphatic carbocycles. The Morgan fingerprint density at radius 3 is 2.93 bits per heavy atom. The summed E-state index contributed by atoms with van der Waals surface area (Å²) in [4.78, 5) is 10.5. The molecule has 0 saturated heterocycles. The van der Waals surface area contributed by atoms with Gasteiger partial charge >= 0.3 is 0 Å². The summed E-state index contributed by atoms with van der Waals surface area (Å²) in [5.41, 5.74) is 4.93. The molecule has 3 nitrogen and oxygen atoms in total. The molecule has 0 N–H and O–H groups in total. The summed E-state index contributed by atoms with van der Waals surface area (Å²) in [5.74, 6) is 1.46. The molecule has 0 fully saturated rings. The second-order valence-corrected chi connectivity index (χ2v) is 9.09. The Balaban J connectivity index is 1.47. The van der Waals surface area contributed by atoms with Crippen LogP contribution in [0.25, 0.3) is 0 Å². The van der Waals surface area contributed by atoms with E-state index >= 15 is 0 Å². The third-order valence-corrected chi connectivity index (χ3v) is 6.33. The van der Waals surface area contributed by atoms with Crippen molar-refractivity contribution in [3.05, 3.63) is 100 Å². The van der Waals surface area contributed by atoms with Crippen LogP contribution >= 0.6 is 11.8 Å². The Bertz CT molecular complexity index is 993. The maximum absolute atomic E-state index is 5.53. The lowest BCUT2D eigenvalue weighted by Crippen LogP contribution is -2.08. The van der Waals surface area contributed by atoms with Crippen molar-refractivity contribution in [2.75, 3.05) is 7.11 Å². The second-order valence-electron chi connectivity index (χ2n) is 7.95. The minimum absolute atomic E-state index is 0.528. The molecule has 1 atom stereocenters. The Labute approximate surface area is 183 Å².